The maximum absolute atomic E-state index is 10.3. The average Bonchev–Trinajstić information content (AvgIpc) is 2.32. The molecule has 0 aromatic heterocycles. The predicted molar refractivity (Wildman–Crippen MR) is 71.4 cm³/mol. The Morgan fingerprint density at radius 2 is 1.71 bits per heavy atom. The summed E-state index contributed by atoms with van der Waals surface area (Å²) in [5.74, 6) is 0. The highest BCUT2D eigenvalue weighted by molar-refractivity contribution is 6.31. The zero-order valence-electron chi connectivity index (χ0n) is 9.94. The minimum atomic E-state index is -0.591. The third-order valence-electron chi connectivity index (χ3n) is 2.98. The first-order chi connectivity index (χ1) is 8.09. The van der Waals surface area contributed by atoms with Gasteiger partial charge in [0.15, 0.2) is 0 Å². The van der Waals surface area contributed by atoms with E-state index in [1.165, 1.54) is 0 Å². The van der Waals surface area contributed by atoms with Crippen molar-refractivity contribution in [2.75, 3.05) is 0 Å². The van der Waals surface area contributed by atoms with E-state index < -0.39 is 6.10 Å². The first-order valence-corrected chi connectivity index (χ1v) is 5.97. The molecule has 2 rings (SSSR count). The Balaban J connectivity index is 2.40. The summed E-state index contributed by atoms with van der Waals surface area (Å²) < 4.78 is 0. The Morgan fingerprint density at radius 1 is 1.00 bits per heavy atom. The fourth-order valence-electron chi connectivity index (χ4n) is 1.91. The summed E-state index contributed by atoms with van der Waals surface area (Å²) in [6, 6.07) is 13.5. The van der Waals surface area contributed by atoms with Crippen LogP contribution < -0.4 is 0 Å². The fraction of sp³-hybridized carbons (Fsp3) is 0.200. The maximum atomic E-state index is 10.3. The second kappa shape index (κ2) is 4.91. The molecule has 0 spiro atoms. The van der Waals surface area contributed by atoms with E-state index in [0.29, 0.717) is 0 Å². The van der Waals surface area contributed by atoms with Crippen molar-refractivity contribution in [3.05, 3.63) is 69.7 Å². The lowest BCUT2D eigenvalue weighted by molar-refractivity contribution is 0.219. The molecule has 1 nitrogen and oxygen atoms in total. The van der Waals surface area contributed by atoms with Crippen LogP contribution >= 0.6 is 11.6 Å². The van der Waals surface area contributed by atoms with Gasteiger partial charge in [-0.2, -0.15) is 0 Å². The van der Waals surface area contributed by atoms with E-state index in [0.717, 1.165) is 27.3 Å². The summed E-state index contributed by atoms with van der Waals surface area (Å²) in [6.07, 6.45) is -0.591. The molecule has 88 valence electrons. The molecule has 0 aliphatic carbocycles. The van der Waals surface area contributed by atoms with Crippen LogP contribution in [0.15, 0.2) is 42.5 Å². The number of aryl methyl sites for hydroxylation is 2. The highest BCUT2D eigenvalue weighted by Crippen LogP contribution is 2.27. The van der Waals surface area contributed by atoms with Crippen molar-refractivity contribution in [3.8, 4) is 0 Å². The molecule has 2 aromatic rings. The highest BCUT2D eigenvalue weighted by Gasteiger charge is 2.12. The molecule has 17 heavy (non-hydrogen) atoms. The fourth-order valence-corrected chi connectivity index (χ4v) is 2.03. The number of halogens is 1. The molecule has 0 amide bonds. The van der Waals surface area contributed by atoms with E-state index in [1.54, 1.807) is 0 Å². The average molecular weight is 247 g/mol. The topological polar surface area (TPSA) is 20.2 Å². The van der Waals surface area contributed by atoms with E-state index in [-0.39, 0.29) is 0 Å². The molecule has 2 heteroatoms. The normalized spacial score (nSPS) is 12.5. The Morgan fingerprint density at radius 3 is 2.35 bits per heavy atom. The van der Waals surface area contributed by atoms with Gasteiger partial charge in [-0.25, -0.2) is 0 Å². The van der Waals surface area contributed by atoms with Gasteiger partial charge in [0.2, 0.25) is 0 Å². The van der Waals surface area contributed by atoms with Crippen molar-refractivity contribution in [1.82, 2.24) is 0 Å². The van der Waals surface area contributed by atoms with Crippen molar-refractivity contribution >= 4 is 11.6 Å². The summed E-state index contributed by atoms with van der Waals surface area (Å²) in [5, 5.41) is 11.1. The van der Waals surface area contributed by atoms with Crippen LogP contribution in [0.3, 0.4) is 0 Å². The summed E-state index contributed by atoms with van der Waals surface area (Å²) in [5.41, 5.74) is 3.89. The van der Waals surface area contributed by atoms with Crippen LogP contribution in [0.5, 0.6) is 0 Å². The summed E-state index contributed by atoms with van der Waals surface area (Å²) in [4.78, 5) is 0. The molecule has 1 unspecified atom stereocenters. The van der Waals surface area contributed by atoms with Gasteiger partial charge in [0.25, 0.3) is 0 Å². The van der Waals surface area contributed by atoms with Gasteiger partial charge in [-0.15, -0.1) is 0 Å². The van der Waals surface area contributed by atoms with E-state index in [2.05, 4.69) is 0 Å². The zero-order chi connectivity index (χ0) is 12.4. The van der Waals surface area contributed by atoms with Gasteiger partial charge in [0, 0.05) is 5.02 Å². The van der Waals surface area contributed by atoms with Gasteiger partial charge in [0.1, 0.15) is 6.10 Å². The van der Waals surface area contributed by atoms with Crippen molar-refractivity contribution < 1.29 is 5.11 Å². The van der Waals surface area contributed by atoms with Gasteiger partial charge >= 0.3 is 0 Å². The minimum absolute atomic E-state index is 0.591. The number of benzene rings is 2. The van der Waals surface area contributed by atoms with Gasteiger partial charge < -0.3 is 5.11 Å². The van der Waals surface area contributed by atoms with Crippen LogP contribution in [0.4, 0.5) is 0 Å². The van der Waals surface area contributed by atoms with Crippen LogP contribution in [-0.4, -0.2) is 5.11 Å². The van der Waals surface area contributed by atoms with Crippen molar-refractivity contribution in [3.63, 3.8) is 0 Å². The predicted octanol–water partition coefficient (Wildman–Crippen LogP) is 4.04. The quantitative estimate of drug-likeness (QED) is 0.848. The molecule has 1 atom stereocenters. The molecule has 0 aliphatic heterocycles. The lowest BCUT2D eigenvalue weighted by Gasteiger charge is -2.15. The standard InChI is InChI=1S/C15H15ClO/c1-10-5-3-4-6-13(10)15(17)12-7-8-14(16)11(2)9-12/h3-9,15,17H,1-2H3. The van der Waals surface area contributed by atoms with Crippen LogP contribution in [0.25, 0.3) is 0 Å². The minimum Gasteiger partial charge on any atom is -0.384 e. The Kier molecular flexibility index (Phi) is 3.51. The molecule has 0 radical (unpaired) electrons. The first kappa shape index (κ1) is 12.2. The van der Waals surface area contributed by atoms with Crippen molar-refractivity contribution in [1.29, 1.82) is 0 Å². The molecular weight excluding hydrogens is 232 g/mol. The molecule has 0 heterocycles. The Labute approximate surface area is 107 Å². The lowest BCUT2D eigenvalue weighted by atomic mass is 9.96. The van der Waals surface area contributed by atoms with Gasteiger partial charge in [-0.3, -0.25) is 0 Å². The SMILES string of the molecule is Cc1cc(C(O)c2ccccc2C)ccc1Cl. The molecule has 1 N–H and O–H groups in total. The second-order valence-electron chi connectivity index (χ2n) is 4.27. The Bertz CT molecular complexity index is 534. The maximum Gasteiger partial charge on any atom is 0.104 e. The highest BCUT2D eigenvalue weighted by atomic mass is 35.5. The van der Waals surface area contributed by atoms with E-state index in [1.807, 2.05) is 56.3 Å². The molecule has 2 aromatic carbocycles. The number of hydrogen-bond acceptors (Lipinski definition) is 1. The zero-order valence-corrected chi connectivity index (χ0v) is 10.7. The number of rotatable bonds is 2. The van der Waals surface area contributed by atoms with E-state index in [4.69, 9.17) is 11.6 Å². The third kappa shape index (κ3) is 2.51. The molecule has 0 fully saturated rings. The van der Waals surface area contributed by atoms with E-state index >= 15 is 0 Å². The second-order valence-corrected chi connectivity index (χ2v) is 4.67. The van der Waals surface area contributed by atoms with E-state index in [9.17, 15) is 5.11 Å². The largest absolute Gasteiger partial charge is 0.384 e. The van der Waals surface area contributed by atoms with Gasteiger partial charge in [-0.05, 0) is 42.2 Å². The van der Waals surface area contributed by atoms with Crippen molar-refractivity contribution in [2.45, 2.75) is 20.0 Å². The van der Waals surface area contributed by atoms with Crippen LogP contribution in [0.2, 0.25) is 5.02 Å². The van der Waals surface area contributed by atoms with Gasteiger partial charge in [0.05, 0.1) is 0 Å². The number of aliphatic hydroxyl groups excluding tert-OH is 1. The summed E-state index contributed by atoms with van der Waals surface area (Å²) in [7, 11) is 0. The monoisotopic (exact) mass is 246 g/mol. The first-order valence-electron chi connectivity index (χ1n) is 5.59. The molecule has 0 saturated carbocycles. The number of hydrogen-bond donors (Lipinski definition) is 1. The lowest BCUT2D eigenvalue weighted by Crippen LogP contribution is -2.02. The van der Waals surface area contributed by atoms with Crippen LogP contribution in [0, 0.1) is 13.8 Å². The molecular formula is C15H15ClO. The van der Waals surface area contributed by atoms with Crippen LogP contribution in [-0.2, 0) is 0 Å². The third-order valence-corrected chi connectivity index (χ3v) is 3.40. The van der Waals surface area contributed by atoms with Crippen LogP contribution in [0.1, 0.15) is 28.4 Å². The smallest absolute Gasteiger partial charge is 0.104 e. The molecule has 0 bridgehead atoms. The molecule has 0 saturated heterocycles. The molecule has 0 aliphatic rings. The number of aliphatic hydroxyl groups is 1. The Hall–Kier alpha value is -1.31. The summed E-state index contributed by atoms with van der Waals surface area (Å²) >= 11 is 5.98. The van der Waals surface area contributed by atoms with Gasteiger partial charge in [-0.1, -0.05) is 48.0 Å². The summed E-state index contributed by atoms with van der Waals surface area (Å²) in [6.45, 7) is 3.94. The van der Waals surface area contributed by atoms with Crippen molar-refractivity contribution in [2.24, 2.45) is 0 Å².